The molecule has 1 aromatic rings. The number of nitrogens with zero attached hydrogens (tertiary/aromatic N) is 1. The number of carbonyl (C=O) groups excluding carboxylic acids is 1. The Kier molecular flexibility index (Phi) is 2.83. The molecule has 0 aliphatic rings. The van der Waals surface area contributed by atoms with Gasteiger partial charge in [-0.3, -0.25) is 0 Å². The summed E-state index contributed by atoms with van der Waals surface area (Å²) in [6, 6.07) is 3.76. The summed E-state index contributed by atoms with van der Waals surface area (Å²) in [6.45, 7) is 3.85. The second kappa shape index (κ2) is 3.87. The van der Waals surface area contributed by atoms with Gasteiger partial charge in [0.1, 0.15) is 11.4 Å². The molecule has 0 N–H and O–H groups in total. The van der Waals surface area contributed by atoms with Crippen LogP contribution < -0.4 is 4.74 Å². The molecule has 68 valence electrons. The van der Waals surface area contributed by atoms with E-state index in [9.17, 15) is 4.79 Å². The maximum absolute atomic E-state index is 10.1. The van der Waals surface area contributed by atoms with E-state index in [1.165, 1.54) is 6.08 Å². The summed E-state index contributed by atoms with van der Waals surface area (Å²) in [5.41, 5.74) is 2.55. The van der Waals surface area contributed by atoms with Gasteiger partial charge in [0, 0.05) is 0 Å². The highest BCUT2D eigenvalue weighted by Crippen LogP contribution is 2.31. The largest absolute Gasteiger partial charge is 0.494 e. The average Bonchev–Trinajstić information content (AvgIpc) is 2.04. The Morgan fingerprint density at radius 1 is 1.38 bits per heavy atom. The maximum Gasteiger partial charge on any atom is 0.240 e. The van der Waals surface area contributed by atoms with E-state index in [1.54, 1.807) is 13.2 Å². The van der Waals surface area contributed by atoms with Crippen LogP contribution in [0.1, 0.15) is 11.1 Å². The molecule has 3 heteroatoms. The van der Waals surface area contributed by atoms with E-state index >= 15 is 0 Å². The van der Waals surface area contributed by atoms with Crippen molar-refractivity contribution in [3.63, 3.8) is 0 Å². The van der Waals surface area contributed by atoms with Gasteiger partial charge in [-0.1, -0.05) is 6.07 Å². The lowest BCUT2D eigenvalue weighted by Gasteiger charge is -2.07. The monoisotopic (exact) mass is 177 g/mol. The molecule has 3 nitrogen and oxygen atoms in total. The minimum Gasteiger partial charge on any atom is -0.494 e. The van der Waals surface area contributed by atoms with Crippen LogP contribution >= 0.6 is 0 Å². The molecule has 13 heavy (non-hydrogen) atoms. The zero-order valence-electron chi connectivity index (χ0n) is 7.92. The molecule has 0 spiro atoms. The quantitative estimate of drug-likeness (QED) is 0.513. The Morgan fingerprint density at radius 3 is 2.62 bits per heavy atom. The molecule has 0 unspecified atom stereocenters. The fourth-order valence-electron chi connectivity index (χ4n) is 1.33. The molecule has 0 fully saturated rings. The van der Waals surface area contributed by atoms with E-state index in [4.69, 9.17) is 4.74 Å². The number of methoxy groups -OCH3 is 1. The lowest BCUT2D eigenvalue weighted by atomic mass is 10.1. The number of benzene rings is 1. The molecular weight excluding hydrogens is 166 g/mol. The average molecular weight is 177 g/mol. The number of rotatable bonds is 2. The minimum absolute atomic E-state index is 0.537. The van der Waals surface area contributed by atoms with Gasteiger partial charge in [-0.25, -0.2) is 4.79 Å². The lowest BCUT2D eigenvalue weighted by molar-refractivity contribution is 0.413. The Hall–Kier alpha value is -1.60. The van der Waals surface area contributed by atoms with E-state index < -0.39 is 0 Å². The fraction of sp³-hybridized carbons (Fsp3) is 0.300. The van der Waals surface area contributed by atoms with Crippen molar-refractivity contribution in [1.29, 1.82) is 0 Å². The second-order valence-electron chi connectivity index (χ2n) is 2.84. The summed E-state index contributed by atoms with van der Waals surface area (Å²) in [4.78, 5) is 13.7. The van der Waals surface area contributed by atoms with Crippen molar-refractivity contribution in [1.82, 2.24) is 0 Å². The molecule has 1 rings (SSSR count). The molecule has 0 aliphatic carbocycles. The van der Waals surface area contributed by atoms with Gasteiger partial charge < -0.3 is 4.74 Å². The Balaban J connectivity index is 3.37. The number of hydrogen-bond acceptors (Lipinski definition) is 3. The molecule has 0 saturated heterocycles. The third-order valence-corrected chi connectivity index (χ3v) is 1.77. The molecule has 0 aliphatic heterocycles. The van der Waals surface area contributed by atoms with E-state index in [2.05, 4.69) is 4.99 Å². The van der Waals surface area contributed by atoms with Crippen molar-refractivity contribution in [3.8, 4) is 5.75 Å². The highest BCUT2D eigenvalue weighted by atomic mass is 16.5. The third-order valence-electron chi connectivity index (χ3n) is 1.77. The van der Waals surface area contributed by atoms with Crippen molar-refractivity contribution in [3.05, 3.63) is 23.3 Å². The third kappa shape index (κ3) is 1.95. The van der Waals surface area contributed by atoms with Crippen LogP contribution in [0.2, 0.25) is 0 Å². The van der Waals surface area contributed by atoms with Crippen LogP contribution in [0.3, 0.4) is 0 Å². The van der Waals surface area contributed by atoms with Crippen LogP contribution in [0.25, 0.3) is 0 Å². The van der Waals surface area contributed by atoms with Gasteiger partial charge in [0.2, 0.25) is 6.08 Å². The van der Waals surface area contributed by atoms with E-state index in [0.717, 1.165) is 11.1 Å². The number of isocyanates is 1. The molecule has 0 saturated carbocycles. The van der Waals surface area contributed by atoms with Crippen LogP contribution in [0.5, 0.6) is 5.75 Å². The van der Waals surface area contributed by atoms with Gasteiger partial charge in [-0.05, 0) is 31.0 Å². The number of ether oxygens (including phenoxy) is 1. The van der Waals surface area contributed by atoms with Crippen molar-refractivity contribution >= 4 is 11.8 Å². The summed E-state index contributed by atoms with van der Waals surface area (Å²) >= 11 is 0. The molecule has 1 aromatic carbocycles. The van der Waals surface area contributed by atoms with Crippen LogP contribution in [0, 0.1) is 13.8 Å². The predicted octanol–water partition coefficient (Wildman–Crippen LogP) is 2.28. The van der Waals surface area contributed by atoms with Gasteiger partial charge in [0.25, 0.3) is 0 Å². The SMILES string of the molecule is COc1c(C)cc(C)cc1N=C=O. The van der Waals surface area contributed by atoms with Gasteiger partial charge in [-0.2, -0.15) is 4.99 Å². The molecule has 0 heterocycles. The van der Waals surface area contributed by atoms with Crippen LogP contribution in [-0.2, 0) is 4.79 Å². The summed E-state index contributed by atoms with van der Waals surface area (Å²) in [5.74, 6) is 0.633. The molecule has 0 atom stereocenters. The molecule has 0 bridgehead atoms. The van der Waals surface area contributed by atoms with Crippen LogP contribution in [0.4, 0.5) is 5.69 Å². The maximum atomic E-state index is 10.1. The lowest BCUT2D eigenvalue weighted by Crippen LogP contribution is -1.88. The Morgan fingerprint density at radius 2 is 2.08 bits per heavy atom. The van der Waals surface area contributed by atoms with E-state index in [0.29, 0.717) is 11.4 Å². The highest BCUT2D eigenvalue weighted by molar-refractivity contribution is 5.61. The predicted molar refractivity (Wildman–Crippen MR) is 50.2 cm³/mol. The number of aryl methyl sites for hydroxylation is 2. The minimum atomic E-state index is 0.537. The van der Waals surface area contributed by atoms with Crippen LogP contribution in [-0.4, -0.2) is 13.2 Å². The second-order valence-corrected chi connectivity index (χ2v) is 2.84. The molecule has 0 aromatic heterocycles. The van der Waals surface area contributed by atoms with Gasteiger partial charge in [-0.15, -0.1) is 0 Å². The first kappa shape index (κ1) is 9.49. The zero-order chi connectivity index (χ0) is 9.84. The highest BCUT2D eigenvalue weighted by Gasteiger charge is 2.05. The van der Waals surface area contributed by atoms with Crippen LogP contribution in [0.15, 0.2) is 17.1 Å². The van der Waals surface area contributed by atoms with Crippen molar-refractivity contribution in [2.24, 2.45) is 4.99 Å². The molecule has 0 amide bonds. The first-order valence-corrected chi connectivity index (χ1v) is 3.92. The summed E-state index contributed by atoms with van der Waals surface area (Å²) in [5, 5.41) is 0. The fourth-order valence-corrected chi connectivity index (χ4v) is 1.33. The first-order valence-electron chi connectivity index (χ1n) is 3.92. The molecule has 0 radical (unpaired) electrons. The van der Waals surface area contributed by atoms with Crippen molar-refractivity contribution in [2.75, 3.05) is 7.11 Å². The summed E-state index contributed by atoms with van der Waals surface area (Å²) < 4.78 is 5.11. The van der Waals surface area contributed by atoms with E-state index in [1.807, 2.05) is 19.9 Å². The number of hydrogen-bond donors (Lipinski definition) is 0. The first-order chi connectivity index (χ1) is 6.19. The van der Waals surface area contributed by atoms with Gasteiger partial charge >= 0.3 is 0 Å². The standard InChI is InChI=1S/C10H11NO2/c1-7-4-8(2)10(13-3)9(5-7)11-6-12/h4-5H,1-3H3. The smallest absolute Gasteiger partial charge is 0.240 e. The molecular formula is C10H11NO2. The van der Waals surface area contributed by atoms with E-state index in [-0.39, 0.29) is 0 Å². The summed E-state index contributed by atoms with van der Waals surface area (Å²) in [7, 11) is 1.56. The summed E-state index contributed by atoms with van der Waals surface area (Å²) in [6.07, 6.45) is 1.51. The zero-order valence-corrected chi connectivity index (χ0v) is 7.92. The number of aliphatic imine (C=N–C) groups is 1. The van der Waals surface area contributed by atoms with Crippen molar-refractivity contribution < 1.29 is 9.53 Å². The van der Waals surface area contributed by atoms with Gasteiger partial charge in [0.15, 0.2) is 0 Å². The Bertz CT molecular complexity index is 365. The Labute approximate surface area is 77.1 Å². The normalized spacial score (nSPS) is 9.15. The topological polar surface area (TPSA) is 38.7 Å². The van der Waals surface area contributed by atoms with Gasteiger partial charge in [0.05, 0.1) is 7.11 Å². The van der Waals surface area contributed by atoms with Crippen molar-refractivity contribution in [2.45, 2.75) is 13.8 Å².